The van der Waals surface area contributed by atoms with Crippen LogP contribution < -0.4 is 0 Å². The normalized spacial score (nSPS) is 11.9. The molecule has 0 aliphatic rings. The van der Waals surface area contributed by atoms with Crippen molar-refractivity contribution in [2.24, 2.45) is 0 Å². The Kier molecular flexibility index (Phi) is 2.04. The summed E-state index contributed by atoms with van der Waals surface area (Å²) < 4.78 is 4.51. The highest BCUT2D eigenvalue weighted by molar-refractivity contribution is 6.03. The van der Waals surface area contributed by atoms with Gasteiger partial charge in [-0.3, -0.25) is 4.79 Å². The molecule has 0 aliphatic heterocycles. The highest BCUT2D eigenvalue weighted by atomic mass is 16.6. The summed E-state index contributed by atoms with van der Waals surface area (Å²) in [5.41, 5.74) is 0.100. The molecule has 0 radical (unpaired) electrons. The molecule has 0 saturated carbocycles. The van der Waals surface area contributed by atoms with E-state index in [-0.39, 0.29) is 5.78 Å². The van der Waals surface area contributed by atoms with Gasteiger partial charge in [0.2, 0.25) is 0 Å². The number of aromatic nitrogens is 2. The van der Waals surface area contributed by atoms with Crippen LogP contribution in [0.5, 0.6) is 0 Å². The fraction of sp³-hybridized carbons (Fsp3) is 0.300. The molecule has 0 atom stereocenters. The number of Topliss-reactive ketones (excluding diaryl/α,β-unsaturated/α-hetero) is 1. The number of aliphatic hydroxyl groups is 1. The molecule has 0 aliphatic carbocycles. The van der Waals surface area contributed by atoms with Gasteiger partial charge in [0.1, 0.15) is 16.6 Å². The Labute approximate surface area is 85.7 Å². The summed E-state index contributed by atoms with van der Waals surface area (Å²) in [4.78, 5) is 11.7. The summed E-state index contributed by atoms with van der Waals surface area (Å²) in [5.74, 6) is -0.354. The van der Waals surface area contributed by atoms with Gasteiger partial charge in [-0.25, -0.2) is 4.63 Å². The van der Waals surface area contributed by atoms with Gasteiger partial charge in [0.25, 0.3) is 0 Å². The number of nitrogens with zero attached hydrogens (tertiary/aromatic N) is 2. The molecule has 1 N–H and O–H groups in total. The van der Waals surface area contributed by atoms with Gasteiger partial charge in [-0.1, -0.05) is 0 Å². The second kappa shape index (κ2) is 3.13. The van der Waals surface area contributed by atoms with Gasteiger partial charge in [-0.2, -0.15) is 0 Å². The fourth-order valence-electron chi connectivity index (χ4n) is 1.28. The van der Waals surface area contributed by atoms with Crippen LogP contribution in [-0.2, 0) is 0 Å². The maximum absolute atomic E-state index is 11.7. The van der Waals surface area contributed by atoms with E-state index < -0.39 is 5.60 Å². The predicted octanol–water partition coefficient (Wildman–Crippen LogP) is 1.18. The summed E-state index contributed by atoms with van der Waals surface area (Å²) in [6.45, 7) is 2.89. The van der Waals surface area contributed by atoms with Gasteiger partial charge in [0, 0.05) is 5.56 Å². The number of rotatable bonds is 2. The van der Waals surface area contributed by atoms with Crippen molar-refractivity contribution in [2.45, 2.75) is 19.4 Å². The lowest BCUT2D eigenvalue weighted by atomic mass is 9.97. The molecular formula is C10H10N2O3. The van der Waals surface area contributed by atoms with Crippen LogP contribution in [0.15, 0.2) is 22.8 Å². The molecule has 0 saturated heterocycles. The van der Waals surface area contributed by atoms with E-state index in [9.17, 15) is 9.90 Å². The van der Waals surface area contributed by atoms with Gasteiger partial charge in [0.05, 0.1) is 0 Å². The van der Waals surface area contributed by atoms with Crippen LogP contribution in [0.25, 0.3) is 11.0 Å². The Morgan fingerprint density at radius 3 is 2.67 bits per heavy atom. The molecule has 0 unspecified atom stereocenters. The van der Waals surface area contributed by atoms with E-state index in [1.54, 1.807) is 18.2 Å². The number of carbonyl (C=O) groups excluding carboxylic acids is 1. The summed E-state index contributed by atoms with van der Waals surface area (Å²) in [6, 6.07) is 4.77. The first kappa shape index (κ1) is 9.79. The third kappa shape index (κ3) is 1.73. The molecule has 5 heteroatoms. The molecular weight excluding hydrogens is 196 g/mol. The summed E-state index contributed by atoms with van der Waals surface area (Å²) in [6.07, 6.45) is 0. The van der Waals surface area contributed by atoms with E-state index in [0.29, 0.717) is 16.6 Å². The first-order chi connectivity index (χ1) is 6.98. The minimum Gasteiger partial charge on any atom is -0.382 e. The van der Waals surface area contributed by atoms with Crippen LogP contribution in [0, 0.1) is 0 Å². The minimum atomic E-state index is -1.38. The SMILES string of the molecule is CC(C)(O)C(=O)c1ccc2nonc2c1. The maximum atomic E-state index is 11.7. The molecule has 0 fully saturated rings. The highest BCUT2D eigenvalue weighted by Crippen LogP contribution is 2.16. The van der Waals surface area contributed by atoms with Crippen molar-refractivity contribution in [3.8, 4) is 0 Å². The molecule has 5 nitrogen and oxygen atoms in total. The third-order valence-corrected chi connectivity index (χ3v) is 2.07. The van der Waals surface area contributed by atoms with E-state index in [1.807, 2.05) is 0 Å². The zero-order valence-corrected chi connectivity index (χ0v) is 8.39. The molecule has 2 aromatic rings. The van der Waals surface area contributed by atoms with E-state index in [0.717, 1.165) is 0 Å². The van der Waals surface area contributed by atoms with Crippen LogP contribution in [0.2, 0.25) is 0 Å². The highest BCUT2D eigenvalue weighted by Gasteiger charge is 2.25. The van der Waals surface area contributed by atoms with Gasteiger partial charge in [0.15, 0.2) is 5.78 Å². The quantitative estimate of drug-likeness (QED) is 0.746. The van der Waals surface area contributed by atoms with Crippen molar-refractivity contribution < 1.29 is 14.5 Å². The number of carbonyl (C=O) groups is 1. The molecule has 0 bridgehead atoms. The maximum Gasteiger partial charge on any atom is 0.193 e. The van der Waals surface area contributed by atoms with Crippen LogP contribution in [-0.4, -0.2) is 26.8 Å². The van der Waals surface area contributed by atoms with Crippen molar-refractivity contribution in [1.29, 1.82) is 0 Å². The van der Waals surface area contributed by atoms with Crippen molar-refractivity contribution in [3.63, 3.8) is 0 Å². The standard InChI is InChI=1S/C10H10N2O3/c1-10(2,14)9(13)6-3-4-7-8(5-6)12-15-11-7/h3-5,14H,1-2H3. The summed E-state index contributed by atoms with van der Waals surface area (Å²) in [5, 5.41) is 16.8. The van der Waals surface area contributed by atoms with Crippen LogP contribution in [0.4, 0.5) is 0 Å². The van der Waals surface area contributed by atoms with Crippen molar-refractivity contribution in [1.82, 2.24) is 10.3 Å². The molecule has 15 heavy (non-hydrogen) atoms. The Morgan fingerprint density at radius 1 is 1.33 bits per heavy atom. The Hall–Kier alpha value is -1.75. The lowest BCUT2D eigenvalue weighted by Crippen LogP contribution is -2.30. The average Bonchev–Trinajstić information content (AvgIpc) is 2.61. The van der Waals surface area contributed by atoms with Gasteiger partial charge in [-0.05, 0) is 42.4 Å². The number of ketones is 1. The molecule has 1 aromatic heterocycles. The van der Waals surface area contributed by atoms with E-state index in [1.165, 1.54) is 13.8 Å². The van der Waals surface area contributed by atoms with Gasteiger partial charge in [-0.15, -0.1) is 0 Å². The lowest BCUT2D eigenvalue weighted by Gasteiger charge is -2.14. The largest absolute Gasteiger partial charge is 0.382 e. The predicted molar refractivity (Wildman–Crippen MR) is 52.4 cm³/mol. The first-order valence-electron chi connectivity index (χ1n) is 4.48. The zero-order valence-electron chi connectivity index (χ0n) is 8.39. The van der Waals surface area contributed by atoms with Crippen LogP contribution in [0.1, 0.15) is 24.2 Å². The Morgan fingerprint density at radius 2 is 2.00 bits per heavy atom. The molecule has 0 amide bonds. The smallest absolute Gasteiger partial charge is 0.193 e. The van der Waals surface area contributed by atoms with E-state index in [2.05, 4.69) is 14.9 Å². The number of hydrogen-bond acceptors (Lipinski definition) is 5. The molecule has 0 spiro atoms. The lowest BCUT2D eigenvalue weighted by molar-refractivity contribution is 0.0488. The van der Waals surface area contributed by atoms with Crippen molar-refractivity contribution in [3.05, 3.63) is 23.8 Å². The van der Waals surface area contributed by atoms with Gasteiger partial charge < -0.3 is 5.11 Å². The van der Waals surface area contributed by atoms with Crippen molar-refractivity contribution in [2.75, 3.05) is 0 Å². The number of benzene rings is 1. The van der Waals surface area contributed by atoms with Crippen LogP contribution in [0.3, 0.4) is 0 Å². The number of fused-ring (bicyclic) bond motifs is 1. The summed E-state index contributed by atoms with van der Waals surface area (Å²) in [7, 11) is 0. The topological polar surface area (TPSA) is 76.2 Å². The molecule has 2 rings (SSSR count). The Bertz CT molecular complexity index is 511. The Balaban J connectivity index is 2.49. The second-order valence-electron chi connectivity index (χ2n) is 3.86. The molecule has 1 aromatic carbocycles. The number of hydrogen-bond donors (Lipinski definition) is 1. The molecule has 1 heterocycles. The third-order valence-electron chi connectivity index (χ3n) is 2.07. The van der Waals surface area contributed by atoms with Crippen LogP contribution >= 0.6 is 0 Å². The summed E-state index contributed by atoms with van der Waals surface area (Å²) >= 11 is 0. The second-order valence-corrected chi connectivity index (χ2v) is 3.86. The van der Waals surface area contributed by atoms with Crippen molar-refractivity contribution >= 4 is 16.8 Å². The van der Waals surface area contributed by atoms with E-state index >= 15 is 0 Å². The average molecular weight is 206 g/mol. The minimum absolute atomic E-state index is 0.354. The van der Waals surface area contributed by atoms with Gasteiger partial charge >= 0.3 is 0 Å². The molecule has 78 valence electrons. The monoisotopic (exact) mass is 206 g/mol. The fourth-order valence-corrected chi connectivity index (χ4v) is 1.28. The zero-order chi connectivity index (χ0) is 11.1. The first-order valence-corrected chi connectivity index (χ1v) is 4.48. The van der Waals surface area contributed by atoms with E-state index in [4.69, 9.17) is 0 Å².